The molecule has 0 saturated carbocycles. The summed E-state index contributed by atoms with van der Waals surface area (Å²) in [5.41, 5.74) is 0. The summed E-state index contributed by atoms with van der Waals surface area (Å²) in [6.07, 6.45) is -0.851. The zero-order valence-electron chi connectivity index (χ0n) is 11.2. The predicted octanol–water partition coefficient (Wildman–Crippen LogP) is -1.42. The van der Waals surface area contributed by atoms with E-state index in [0.29, 0.717) is 6.42 Å². The Labute approximate surface area is 113 Å². The second-order valence-electron chi connectivity index (χ2n) is 4.93. The van der Waals surface area contributed by atoms with Gasteiger partial charge in [-0.25, -0.2) is 13.1 Å². The van der Waals surface area contributed by atoms with Gasteiger partial charge in [-0.3, -0.25) is 0 Å². The molecule has 4 N–H and O–H groups in total. The Morgan fingerprint density at radius 3 is 2.32 bits per heavy atom. The van der Waals surface area contributed by atoms with Crippen molar-refractivity contribution in [2.75, 3.05) is 12.9 Å². The van der Waals surface area contributed by atoms with Crippen LogP contribution in [0.5, 0.6) is 0 Å². The normalized spacial score (nSPS) is 36.4. The largest absolute Gasteiger partial charge is 0.394 e. The first-order valence-corrected chi connectivity index (χ1v) is 8.29. The molecule has 0 aromatic carbocycles. The molecule has 1 saturated heterocycles. The number of hydrogen-bond acceptors (Lipinski definition) is 6. The van der Waals surface area contributed by atoms with Gasteiger partial charge in [-0.1, -0.05) is 19.8 Å². The molecule has 8 heteroatoms. The monoisotopic (exact) mass is 297 g/mol. The molecular weight excluding hydrogens is 274 g/mol. The van der Waals surface area contributed by atoms with E-state index >= 15 is 0 Å². The van der Waals surface area contributed by atoms with Crippen LogP contribution in [0.3, 0.4) is 0 Å². The number of sulfonamides is 1. The van der Waals surface area contributed by atoms with Crippen molar-refractivity contribution in [1.29, 1.82) is 0 Å². The van der Waals surface area contributed by atoms with Gasteiger partial charge in [0.2, 0.25) is 10.0 Å². The molecule has 0 aromatic heterocycles. The minimum absolute atomic E-state index is 0.424. The third kappa shape index (κ3) is 4.66. The Bertz CT molecular complexity index is 373. The Hall–Kier alpha value is -0.250. The molecule has 0 bridgehead atoms. The number of aliphatic hydroxyl groups is 3. The van der Waals surface area contributed by atoms with Crippen molar-refractivity contribution in [1.82, 2.24) is 4.72 Å². The fourth-order valence-corrected chi connectivity index (χ4v) is 3.02. The summed E-state index contributed by atoms with van der Waals surface area (Å²) in [7, 11) is -3.53. The molecule has 0 radical (unpaired) electrons. The fourth-order valence-electron chi connectivity index (χ4n) is 2.24. The van der Waals surface area contributed by atoms with Crippen LogP contribution >= 0.6 is 0 Å². The Morgan fingerprint density at radius 1 is 1.21 bits per heavy atom. The molecule has 1 heterocycles. The summed E-state index contributed by atoms with van der Waals surface area (Å²) in [6.45, 7) is 1.56. The minimum Gasteiger partial charge on any atom is -0.394 e. The van der Waals surface area contributed by atoms with Gasteiger partial charge >= 0.3 is 0 Å². The Kier molecular flexibility index (Phi) is 6.15. The SMILES string of the molecule is CCCCC1OC(CO)C(O)C(O)[C@@H]1NS(C)(=O)=O. The van der Waals surface area contributed by atoms with Crippen LogP contribution in [-0.4, -0.2) is 67.1 Å². The van der Waals surface area contributed by atoms with Crippen LogP contribution in [0.25, 0.3) is 0 Å². The van der Waals surface area contributed by atoms with Gasteiger partial charge in [0, 0.05) is 0 Å². The van der Waals surface area contributed by atoms with E-state index in [9.17, 15) is 18.6 Å². The minimum atomic E-state index is -3.53. The van der Waals surface area contributed by atoms with Crippen LogP contribution in [0, 0.1) is 0 Å². The summed E-state index contributed by atoms with van der Waals surface area (Å²) in [4.78, 5) is 0. The second kappa shape index (κ2) is 6.96. The molecule has 114 valence electrons. The van der Waals surface area contributed by atoms with Gasteiger partial charge in [-0.15, -0.1) is 0 Å². The standard InChI is InChI=1S/C11H23NO6S/c1-3-4-5-7-9(12-19(2,16)17)11(15)10(14)8(6-13)18-7/h7-15H,3-6H2,1-2H3/t7?,8?,9-,10?,11?/m1/s1. The van der Waals surface area contributed by atoms with Crippen molar-refractivity contribution in [2.24, 2.45) is 0 Å². The lowest BCUT2D eigenvalue weighted by Crippen LogP contribution is -2.63. The van der Waals surface area contributed by atoms with E-state index in [0.717, 1.165) is 19.1 Å². The van der Waals surface area contributed by atoms with Gasteiger partial charge in [0.1, 0.15) is 18.3 Å². The highest BCUT2D eigenvalue weighted by Crippen LogP contribution is 2.24. The maximum absolute atomic E-state index is 11.3. The first-order chi connectivity index (χ1) is 8.80. The topological polar surface area (TPSA) is 116 Å². The molecule has 0 aromatic rings. The van der Waals surface area contributed by atoms with Crippen molar-refractivity contribution < 1.29 is 28.5 Å². The summed E-state index contributed by atoms with van der Waals surface area (Å²) < 4.78 is 30.4. The van der Waals surface area contributed by atoms with Crippen molar-refractivity contribution in [3.63, 3.8) is 0 Å². The van der Waals surface area contributed by atoms with Crippen LogP contribution in [0.4, 0.5) is 0 Å². The molecule has 1 aliphatic rings. The van der Waals surface area contributed by atoms with Crippen molar-refractivity contribution in [2.45, 2.75) is 56.6 Å². The first-order valence-electron chi connectivity index (χ1n) is 6.40. The highest BCUT2D eigenvalue weighted by atomic mass is 32.2. The zero-order chi connectivity index (χ0) is 14.6. The van der Waals surface area contributed by atoms with E-state index in [2.05, 4.69) is 4.72 Å². The fraction of sp³-hybridized carbons (Fsp3) is 1.00. The lowest BCUT2D eigenvalue weighted by atomic mass is 9.91. The molecule has 4 unspecified atom stereocenters. The third-order valence-electron chi connectivity index (χ3n) is 3.22. The summed E-state index contributed by atoms with van der Waals surface area (Å²) in [5, 5.41) is 28.9. The van der Waals surface area contributed by atoms with Crippen LogP contribution in [0.2, 0.25) is 0 Å². The van der Waals surface area contributed by atoms with Gasteiger partial charge < -0.3 is 20.1 Å². The maximum atomic E-state index is 11.3. The summed E-state index contributed by atoms with van der Waals surface area (Å²) in [5.74, 6) is 0. The van der Waals surface area contributed by atoms with Crippen molar-refractivity contribution in [3.05, 3.63) is 0 Å². The molecule has 5 atom stereocenters. The quantitative estimate of drug-likeness (QED) is 0.478. The first kappa shape index (κ1) is 16.8. The molecule has 0 spiro atoms. The van der Waals surface area contributed by atoms with Gasteiger partial charge in [0.05, 0.1) is 25.0 Å². The number of ether oxygens (including phenoxy) is 1. The molecule has 1 aliphatic heterocycles. The molecule has 0 aliphatic carbocycles. The molecule has 19 heavy (non-hydrogen) atoms. The summed E-state index contributed by atoms with van der Waals surface area (Å²) >= 11 is 0. The van der Waals surface area contributed by atoms with Crippen LogP contribution in [-0.2, 0) is 14.8 Å². The Morgan fingerprint density at radius 2 is 1.84 bits per heavy atom. The van der Waals surface area contributed by atoms with Crippen LogP contribution in [0.1, 0.15) is 26.2 Å². The van der Waals surface area contributed by atoms with Crippen LogP contribution < -0.4 is 4.72 Å². The predicted molar refractivity (Wildman–Crippen MR) is 69.1 cm³/mol. The van der Waals surface area contributed by atoms with E-state index in [-0.39, 0.29) is 0 Å². The van der Waals surface area contributed by atoms with E-state index in [1.807, 2.05) is 6.92 Å². The van der Waals surface area contributed by atoms with E-state index in [1.54, 1.807) is 0 Å². The third-order valence-corrected chi connectivity index (χ3v) is 3.92. The van der Waals surface area contributed by atoms with Gasteiger partial charge in [0.15, 0.2) is 0 Å². The van der Waals surface area contributed by atoms with E-state index in [4.69, 9.17) is 9.84 Å². The maximum Gasteiger partial charge on any atom is 0.209 e. The smallest absolute Gasteiger partial charge is 0.209 e. The van der Waals surface area contributed by atoms with Gasteiger partial charge in [0.25, 0.3) is 0 Å². The molecule has 0 amide bonds. The molecule has 1 rings (SSSR count). The lowest BCUT2D eigenvalue weighted by Gasteiger charge is -2.42. The van der Waals surface area contributed by atoms with Gasteiger partial charge in [-0.05, 0) is 6.42 Å². The van der Waals surface area contributed by atoms with Crippen molar-refractivity contribution >= 4 is 10.0 Å². The van der Waals surface area contributed by atoms with Crippen LogP contribution in [0.15, 0.2) is 0 Å². The molecular formula is C11H23NO6S. The molecule has 7 nitrogen and oxygen atoms in total. The number of aliphatic hydroxyl groups excluding tert-OH is 3. The number of unbranched alkanes of at least 4 members (excludes halogenated alkanes) is 1. The average molecular weight is 297 g/mol. The Balaban J connectivity index is 2.86. The molecule has 1 fully saturated rings. The zero-order valence-corrected chi connectivity index (χ0v) is 12.0. The lowest BCUT2D eigenvalue weighted by molar-refractivity contribution is -0.192. The number of hydrogen-bond donors (Lipinski definition) is 4. The number of nitrogens with one attached hydrogen (secondary N) is 1. The second-order valence-corrected chi connectivity index (χ2v) is 6.71. The summed E-state index contributed by atoms with van der Waals surface area (Å²) in [6, 6.07) is -0.903. The van der Waals surface area contributed by atoms with E-state index in [1.165, 1.54) is 0 Å². The highest BCUT2D eigenvalue weighted by Gasteiger charge is 2.44. The van der Waals surface area contributed by atoms with Crippen molar-refractivity contribution in [3.8, 4) is 0 Å². The highest BCUT2D eigenvalue weighted by molar-refractivity contribution is 7.88. The van der Waals surface area contributed by atoms with E-state index < -0.39 is 47.1 Å². The average Bonchev–Trinajstić information content (AvgIpc) is 2.33. The number of rotatable bonds is 6. The van der Waals surface area contributed by atoms with Gasteiger partial charge in [-0.2, -0.15) is 0 Å².